The number of hydrogen-bond acceptors (Lipinski definition) is 6. The highest BCUT2D eigenvalue weighted by Crippen LogP contribution is 2.38. The van der Waals surface area contributed by atoms with Crippen LogP contribution in [-0.4, -0.2) is 30.0 Å². The summed E-state index contributed by atoms with van der Waals surface area (Å²) in [4.78, 5) is 12.5. The summed E-state index contributed by atoms with van der Waals surface area (Å²) >= 11 is 9.84. The van der Waals surface area contributed by atoms with Gasteiger partial charge in [-0.2, -0.15) is 0 Å². The van der Waals surface area contributed by atoms with Crippen LogP contribution in [0.1, 0.15) is 23.6 Å². The minimum absolute atomic E-state index is 0.192. The second kappa shape index (κ2) is 10.3. The van der Waals surface area contributed by atoms with Crippen LogP contribution < -0.4 is 19.5 Å². The number of hydrogen-bond donors (Lipinski definition) is 1. The molecule has 0 spiro atoms. The van der Waals surface area contributed by atoms with Crippen molar-refractivity contribution >= 4 is 56.2 Å². The zero-order valence-corrected chi connectivity index (χ0v) is 20.1. The molecule has 1 fully saturated rings. The Morgan fingerprint density at radius 2 is 1.77 bits per heavy atom. The molecule has 0 unspecified atom stereocenters. The van der Waals surface area contributed by atoms with Gasteiger partial charge < -0.3 is 19.5 Å². The average Bonchev–Trinajstić information content (AvgIpc) is 2.99. The maximum absolute atomic E-state index is 11.9. The molecule has 158 valence electrons. The monoisotopic (exact) mass is 507 g/mol. The standard InChI is InChI=1S/C22H22BrNO4S2/c1-4-26-17-11-15(12-18-21(25)24-22(29)30-18)10-16(23)20(17)28-9-8-27-19-13(2)6-5-7-14(19)3/h5-7,10-12H,4,8-9H2,1-3H3,(H,24,25,29). The third kappa shape index (κ3) is 5.56. The quantitative estimate of drug-likeness (QED) is 0.292. The van der Waals surface area contributed by atoms with Gasteiger partial charge in [0.15, 0.2) is 11.5 Å². The van der Waals surface area contributed by atoms with Crippen LogP contribution in [0.5, 0.6) is 17.2 Å². The summed E-state index contributed by atoms with van der Waals surface area (Å²) in [7, 11) is 0. The first-order chi connectivity index (χ1) is 14.4. The van der Waals surface area contributed by atoms with Crippen LogP contribution >= 0.6 is 39.9 Å². The van der Waals surface area contributed by atoms with Crippen molar-refractivity contribution in [3.63, 3.8) is 0 Å². The second-order valence-electron chi connectivity index (χ2n) is 6.53. The zero-order valence-electron chi connectivity index (χ0n) is 16.9. The SMILES string of the molecule is CCOc1cc(C=C2SC(=S)NC2=O)cc(Br)c1OCCOc1c(C)cccc1C. The Hall–Kier alpha value is -2.03. The summed E-state index contributed by atoms with van der Waals surface area (Å²) < 4.78 is 18.8. The van der Waals surface area contributed by atoms with Crippen molar-refractivity contribution in [2.45, 2.75) is 20.8 Å². The third-order valence-electron chi connectivity index (χ3n) is 4.26. The number of amides is 1. The molecule has 0 radical (unpaired) electrons. The Kier molecular flexibility index (Phi) is 7.80. The van der Waals surface area contributed by atoms with Crippen LogP contribution in [0.3, 0.4) is 0 Å². The molecule has 1 amide bonds. The minimum Gasteiger partial charge on any atom is -0.490 e. The molecule has 0 aliphatic carbocycles. The van der Waals surface area contributed by atoms with Gasteiger partial charge in [-0.1, -0.05) is 42.2 Å². The van der Waals surface area contributed by atoms with Gasteiger partial charge in [-0.25, -0.2) is 0 Å². The molecule has 2 aromatic carbocycles. The molecule has 0 bridgehead atoms. The molecule has 1 saturated heterocycles. The lowest BCUT2D eigenvalue weighted by Crippen LogP contribution is -2.17. The number of para-hydroxylation sites is 1. The Bertz CT molecular complexity index is 987. The van der Waals surface area contributed by atoms with E-state index in [1.807, 2.05) is 51.1 Å². The van der Waals surface area contributed by atoms with E-state index in [4.69, 9.17) is 26.4 Å². The van der Waals surface area contributed by atoms with E-state index < -0.39 is 0 Å². The molecule has 3 rings (SSSR count). The van der Waals surface area contributed by atoms with Gasteiger partial charge in [-0.15, -0.1) is 0 Å². The van der Waals surface area contributed by atoms with Crippen LogP contribution in [0.15, 0.2) is 39.7 Å². The van der Waals surface area contributed by atoms with Crippen LogP contribution in [-0.2, 0) is 4.79 Å². The van der Waals surface area contributed by atoms with E-state index in [2.05, 4.69) is 21.2 Å². The van der Waals surface area contributed by atoms with E-state index in [0.29, 0.717) is 40.5 Å². The molecule has 0 atom stereocenters. The van der Waals surface area contributed by atoms with Crippen LogP contribution in [0.2, 0.25) is 0 Å². The van der Waals surface area contributed by atoms with Crippen LogP contribution in [0.4, 0.5) is 0 Å². The molecule has 1 heterocycles. The van der Waals surface area contributed by atoms with Gasteiger partial charge in [0.1, 0.15) is 23.3 Å². The number of halogens is 1. The summed E-state index contributed by atoms with van der Waals surface area (Å²) in [6.07, 6.45) is 1.78. The molecule has 30 heavy (non-hydrogen) atoms. The average molecular weight is 508 g/mol. The highest BCUT2D eigenvalue weighted by Gasteiger charge is 2.22. The molecule has 8 heteroatoms. The van der Waals surface area contributed by atoms with Gasteiger partial charge in [0, 0.05) is 0 Å². The number of aryl methyl sites for hydroxylation is 2. The third-order valence-corrected chi connectivity index (χ3v) is 6.01. The van der Waals surface area contributed by atoms with E-state index in [9.17, 15) is 4.79 Å². The highest BCUT2D eigenvalue weighted by atomic mass is 79.9. The number of thiocarbonyl (C=S) groups is 1. The summed E-state index contributed by atoms with van der Waals surface area (Å²) in [5.41, 5.74) is 3.00. The van der Waals surface area contributed by atoms with Crippen molar-refractivity contribution in [2.75, 3.05) is 19.8 Å². The predicted octanol–water partition coefficient (Wildman–Crippen LogP) is 5.41. The highest BCUT2D eigenvalue weighted by molar-refractivity contribution is 9.10. The van der Waals surface area contributed by atoms with Gasteiger partial charge in [-0.3, -0.25) is 4.79 Å². The maximum atomic E-state index is 11.9. The van der Waals surface area contributed by atoms with Gasteiger partial charge >= 0.3 is 0 Å². The van der Waals surface area contributed by atoms with E-state index >= 15 is 0 Å². The van der Waals surface area contributed by atoms with Gasteiger partial charge in [0.05, 0.1) is 16.0 Å². The fraction of sp³-hybridized carbons (Fsp3) is 0.273. The lowest BCUT2D eigenvalue weighted by Gasteiger charge is -2.16. The fourth-order valence-corrected chi connectivity index (χ4v) is 4.58. The lowest BCUT2D eigenvalue weighted by atomic mass is 10.1. The Morgan fingerprint density at radius 1 is 1.10 bits per heavy atom. The molecule has 1 aliphatic rings. The molecule has 1 aliphatic heterocycles. The lowest BCUT2D eigenvalue weighted by molar-refractivity contribution is -0.115. The van der Waals surface area contributed by atoms with Crippen molar-refractivity contribution in [1.82, 2.24) is 5.32 Å². The van der Waals surface area contributed by atoms with E-state index in [1.54, 1.807) is 6.08 Å². The fourth-order valence-electron chi connectivity index (χ4n) is 2.96. The number of benzene rings is 2. The predicted molar refractivity (Wildman–Crippen MR) is 129 cm³/mol. The van der Waals surface area contributed by atoms with Gasteiger partial charge in [-0.05, 0) is 71.6 Å². The number of carbonyl (C=O) groups excluding carboxylic acids is 1. The number of rotatable bonds is 8. The first-order valence-electron chi connectivity index (χ1n) is 9.42. The number of carbonyl (C=O) groups is 1. The van der Waals surface area contributed by atoms with Crippen LogP contribution in [0.25, 0.3) is 6.08 Å². The molecule has 0 aromatic heterocycles. The van der Waals surface area contributed by atoms with Crippen molar-refractivity contribution in [3.8, 4) is 17.2 Å². The summed E-state index contributed by atoms with van der Waals surface area (Å²) in [5.74, 6) is 1.89. The largest absolute Gasteiger partial charge is 0.490 e. The van der Waals surface area contributed by atoms with E-state index in [-0.39, 0.29) is 5.91 Å². The first-order valence-corrected chi connectivity index (χ1v) is 11.4. The molecule has 1 N–H and O–H groups in total. The van der Waals surface area contributed by atoms with E-state index in [1.165, 1.54) is 11.8 Å². The Balaban J connectivity index is 1.72. The number of nitrogens with one attached hydrogen (secondary N) is 1. The normalized spacial score (nSPS) is 14.7. The van der Waals surface area contributed by atoms with Crippen molar-refractivity contribution in [1.29, 1.82) is 0 Å². The van der Waals surface area contributed by atoms with E-state index in [0.717, 1.165) is 26.9 Å². The van der Waals surface area contributed by atoms with Gasteiger partial charge in [0.2, 0.25) is 0 Å². The maximum Gasteiger partial charge on any atom is 0.263 e. The smallest absolute Gasteiger partial charge is 0.263 e. The van der Waals surface area contributed by atoms with Crippen LogP contribution in [0, 0.1) is 13.8 Å². The molecule has 2 aromatic rings. The van der Waals surface area contributed by atoms with Crippen molar-refractivity contribution in [2.24, 2.45) is 0 Å². The summed E-state index contributed by atoms with van der Waals surface area (Å²) in [6, 6.07) is 9.79. The Labute approximate surface area is 194 Å². The topological polar surface area (TPSA) is 56.8 Å². The first kappa shape index (κ1) is 22.7. The molecule has 0 saturated carbocycles. The van der Waals surface area contributed by atoms with Gasteiger partial charge in [0.25, 0.3) is 5.91 Å². The summed E-state index contributed by atoms with van der Waals surface area (Å²) in [5, 5.41) is 2.61. The molecule has 5 nitrogen and oxygen atoms in total. The van der Waals surface area contributed by atoms with Crippen molar-refractivity contribution < 1.29 is 19.0 Å². The minimum atomic E-state index is -0.192. The molecular formula is C22H22BrNO4S2. The Morgan fingerprint density at radius 3 is 2.37 bits per heavy atom. The number of thioether (sulfide) groups is 1. The zero-order chi connectivity index (χ0) is 21.7. The summed E-state index contributed by atoms with van der Waals surface area (Å²) in [6.45, 7) is 7.21. The number of ether oxygens (including phenoxy) is 3. The second-order valence-corrected chi connectivity index (χ2v) is 9.11. The molecular weight excluding hydrogens is 486 g/mol. The van der Waals surface area contributed by atoms with Crippen molar-refractivity contribution in [3.05, 3.63) is 56.4 Å².